The van der Waals surface area contributed by atoms with Gasteiger partial charge in [0.15, 0.2) is 11.6 Å². The van der Waals surface area contributed by atoms with Crippen LogP contribution < -0.4 is 0 Å². The quantitative estimate of drug-likeness (QED) is 0.480. The van der Waals surface area contributed by atoms with Crippen LogP contribution in [0.5, 0.6) is 0 Å². The highest BCUT2D eigenvalue weighted by molar-refractivity contribution is 7.98. The second-order valence-electron chi connectivity index (χ2n) is 3.91. The maximum absolute atomic E-state index is 13.4. The number of rotatable bonds is 4. The summed E-state index contributed by atoms with van der Waals surface area (Å²) in [4.78, 5) is 10.1. The second kappa shape index (κ2) is 5.96. The summed E-state index contributed by atoms with van der Waals surface area (Å²) in [6.45, 7) is 0. The van der Waals surface area contributed by atoms with Gasteiger partial charge < -0.3 is 0 Å². The van der Waals surface area contributed by atoms with Crippen molar-refractivity contribution in [3.63, 3.8) is 0 Å². The molecule has 104 valence electrons. The lowest BCUT2D eigenvalue weighted by molar-refractivity contribution is -0.387. The molecule has 0 unspecified atom stereocenters. The highest BCUT2D eigenvalue weighted by Gasteiger charge is 2.13. The number of nitro benzene ring substituents is 1. The normalized spacial score (nSPS) is 10.6. The van der Waals surface area contributed by atoms with Crippen LogP contribution in [0.15, 0.2) is 41.3 Å². The summed E-state index contributed by atoms with van der Waals surface area (Å²) in [5, 5.41) is 10.5. The topological polar surface area (TPSA) is 43.1 Å². The van der Waals surface area contributed by atoms with Crippen LogP contribution in [-0.4, -0.2) is 4.92 Å². The predicted octanol–water partition coefficient (Wildman–Crippen LogP) is 4.30. The molecular weight excluding hydrogens is 291 g/mol. The molecule has 0 N–H and O–H groups in total. The van der Waals surface area contributed by atoms with Gasteiger partial charge in [0.1, 0.15) is 0 Å². The van der Waals surface area contributed by atoms with Crippen LogP contribution in [-0.2, 0) is 5.75 Å². The molecule has 20 heavy (non-hydrogen) atoms. The van der Waals surface area contributed by atoms with E-state index in [0.717, 1.165) is 24.3 Å². The third kappa shape index (κ3) is 3.30. The monoisotopic (exact) mass is 299 g/mol. The van der Waals surface area contributed by atoms with E-state index in [4.69, 9.17) is 0 Å². The summed E-state index contributed by atoms with van der Waals surface area (Å²) < 4.78 is 39.1. The Labute approximate surface area is 116 Å². The molecule has 2 aromatic rings. The van der Waals surface area contributed by atoms with Crippen molar-refractivity contribution >= 4 is 17.4 Å². The van der Waals surface area contributed by atoms with Crippen LogP contribution in [0.4, 0.5) is 18.9 Å². The van der Waals surface area contributed by atoms with Gasteiger partial charge in [-0.05, 0) is 29.8 Å². The lowest BCUT2D eigenvalue weighted by Crippen LogP contribution is -1.93. The van der Waals surface area contributed by atoms with Gasteiger partial charge in [-0.1, -0.05) is 6.07 Å². The molecule has 0 radical (unpaired) electrons. The van der Waals surface area contributed by atoms with E-state index in [0.29, 0.717) is 16.2 Å². The first-order valence-electron chi connectivity index (χ1n) is 5.48. The average Bonchev–Trinajstić information content (AvgIpc) is 2.40. The van der Waals surface area contributed by atoms with Crippen molar-refractivity contribution in [3.05, 3.63) is 69.5 Å². The van der Waals surface area contributed by atoms with E-state index >= 15 is 0 Å². The van der Waals surface area contributed by atoms with Crippen molar-refractivity contribution in [2.75, 3.05) is 0 Å². The summed E-state index contributed by atoms with van der Waals surface area (Å²) in [6, 6.07) is 7.02. The van der Waals surface area contributed by atoms with Gasteiger partial charge in [-0.15, -0.1) is 11.8 Å². The minimum atomic E-state index is -0.954. The van der Waals surface area contributed by atoms with Crippen molar-refractivity contribution in [1.29, 1.82) is 0 Å². The molecule has 0 fully saturated rings. The van der Waals surface area contributed by atoms with E-state index in [2.05, 4.69) is 0 Å². The highest BCUT2D eigenvalue weighted by atomic mass is 32.2. The minimum Gasteiger partial charge on any atom is -0.258 e. The van der Waals surface area contributed by atoms with Crippen molar-refractivity contribution in [2.24, 2.45) is 0 Å². The Morgan fingerprint density at radius 1 is 1.00 bits per heavy atom. The van der Waals surface area contributed by atoms with Gasteiger partial charge in [0.2, 0.25) is 5.82 Å². The smallest absolute Gasteiger partial charge is 0.258 e. The molecule has 0 saturated carbocycles. The van der Waals surface area contributed by atoms with Gasteiger partial charge in [-0.2, -0.15) is 4.39 Å². The number of halogens is 3. The number of thioether (sulfide) groups is 1. The SMILES string of the molecule is O=[N+]([O-])c1ccc(CSc2ccc(F)c(F)c2)cc1F. The lowest BCUT2D eigenvalue weighted by atomic mass is 10.2. The fourth-order valence-corrected chi connectivity index (χ4v) is 2.39. The molecule has 0 amide bonds. The fourth-order valence-electron chi connectivity index (χ4n) is 1.52. The van der Waals surface area contributed by atoms with Gasteiger partial charge in [0.25, 0.3) is 0 Å². The molecule has 0 atom stereocenters. The zero-order valence-electron chi connectivity index (χ0n) is 9.98. The van der Waals surface area contributed by atoms with Crippen LogP contribution in [0.2, 0.25) is 0 Å². The third-order valence-electron chi connectivity index (χ3n) is 2.51. The molecule has 0 spiro atoms. The van der Waals surface area contributed by atoms with E-state index in [-0.39, 0.29) is 0 Å². The average molecular weight is 299 g/mol. The van der Waals surface area contributed by atoms with Crippen molar-refractivity contribution in [2.45, 2.75) is 10.6 Å². The van der Waals surface area contributed by atoms with Crippen molar-refractivity contribution in [3.8, 4) is 0 Å². The van der Waals surface area contributed by atoms with Gasteiger partial charge in [-0.3, -0.25) is 10.1 Å². The number of nitrogens with zero attached hydrogens (tertiary/aromatic N) is 1. The molecule has 0 heterocycles. The predicted molar refractivity (Wildman–Crippen MR) is 69.0 cm³/mol. The summed E-state index contributed by atoms with van der Waals surface area (Å²) >= 11 is 1.18. The van der Waals surface area contributed by atoms with Crippen LogP contribution in [0.1, 0.15) is 5.56 Å². The Bertz CT molecular complexity index is 664. The van der Waals surface area contributed by atoms with Crippen LogP contribution in [0, 0.1) is 27.6 Å². The van der Waals surface area contributed by atoms with E-state index in [9.17, 15) is 23.3 Å². The molecule has 0 aromatic heterocycles. The van der Waals surface area contributed by atoms with Gasteiger partial charge in [0, 0.05) is 16.7 Å². The summed E-state index contributed by atoms with van der Waals surface area (Å²) in [5.41, 5.74) is -0.0746. The zero-order chi connectivity index (χ0) is 14.7. The second-order valence-corrected chi connectivity index (χ2v) is 4.96. The number of hydrogen-bond donors (Lipinski definition) is 0. The van der Waals surface area contributed by atoms with Crippen LogP contribution in [0.25, 0.3) is 0 Å². The highest BCUT2D eigenvalue weighted by Crippen LogP contribution is 2.26. The van der Waals surface area contributed by atoms with E-state index in [1.165, 1.54) is 23.9 Å². The van der Waals surface area contributed by atoms with E-state index in [1.54, 1.807) is 0 Å². The van der Waals surface area contributed by atoms with E-state index < -0.39 is 28.1 Å². The first kappa shape index (κ1) is 14.4. The number of nitro groups is 1. The Morgan fingerprint density at radius 3 is 2.35 bits per heavy atom. The summed E-state index contributed by atoms with van der Waals surface area (Å²) in [6.07, 6.45) is 0. The minimum absolute atomic E-state index is 0.292. The molecule has 0 aliphatic carbocycles. The Balaban J connectivity index is 2.09. The Morgan fingerprint density at radius 2 is 1.75 bits per heavy atom. The summed E-state index contributed by atoms with van der Waals surface area (Å²) in [7, 11) is 0. The molecule has 0 aliphatic rings. The Kier molecular flexibility index (Phi) is 4.29. The molecule has 3 nitrogen and oxygen atoms in total. The van der Waals surface area contributed by atoms with Gasteiger partial charge in [-0.25, -0.2) is 8.78 Å². The van der Waals surface area contributed by atoms with Crippen LogP contribution >= 0.6 is 11.8 Å². The zero-order valence-corrected chi connectivity index (χ0v) is 10.8. The third-order valence-corrected chi connectivity index (χ3v) is 3.57. The molecule has 0 aliphatic heterocycles. The molecule has 0 saturated heterocycles. The molecule has 2 aromatic carbocycles. The first-order chi connectivity index (χ1) is 9.47. The standard InChI is InChI=1S/C13H8F3NO2S/c14-10-3-2-9(6-11(10)15)20-7-8-1-4-13(17(18)19)12(16)5-8/h1-6H,7H2. The number of benzene rings is 2. The largest absolute Gasteiger partial charge is 0.304 e. The summed E-state index contributed by atoms with van der Waals surface area (Å²) in [5.74, 6) is -2.51. The van der Waals surface area contributed by atoms with Crippen LogP contribution in [0.3, 0.4) is 0 Å². The fraction of sp³-hybridized carbons (Fsp3) is 0.0769. The van der Waals surface area contributed by atoms with Gasteiger partial charge in [0.05, 0.1) is 4.92 Å². The molecule has 2 rings (SSSR count). The van der Waals surface area contributed by atoms with Crippen molar-refractivity contribution in [1.82, 2.24) is 0 Å². The van der Waals surface area contributed by atoms with Crippen molar-refractivity contribution < 1.29 is 18.1 Å². The first-order valence-corrected chi connectivity index (χ1v) is 6.46. The molecule has 0 bridgehead atoms. The number of hydrogen-bond acceptors (Lipinski definition) is 3. The lowest BCUT2D eigenvalue weighted by Gasteiger charge is -2.03. The maximum atomic E-state index is 13.4. The molecular formula is C13H8F3NO2S. The van der Waals surface area contributed by atoms with E-state index in [1.807, 2.05) is 0 Å². The molecule has 7 heteroatoms. The Hall–Kier alpha value is -2.02. The maximum Gasteiger partial charge on any atom is 0.304 e. The van der Waals surface area contributed by atoms with Gasteiger partial charge >= 0.3 is 5.69 Å².